The van der Waals surface area contributed by atoms with Gasteiger partial charge in [0, 0.05) is 11.8 Å². The van der Waals surface area contributed by atoms with E-state index in [1.54, 1.807) is 16.7 Å². The highest BCUT2D eigenvalue weighted by Gasteiger charge is 2.43. The van der Waals surface area contributed by atoms with Crippen molar-refractivity contribution in [2.45, 2.75) is 44.2 Å². The minimum atomic E-state index is -4.20. The van der Waals surface area contributed by atoms with Crippen molar-refractivity contribution in [3.63, 3.8) is 0 Å². The van der Waals surface area contributed by atoms with Crippen LogP contribution in [0.2, 0.25) is 0 Å². The number of aliphatic hydroxyl groups excluding tert-OH is 1. The molecule has 4 N–H and O–H groups in total. The Morgan fingerprint density at radius 3 is 2.79 bits per heavy atom. The van der Waals surface area contributed by atoms with Gasteiger partial charge in [0.15, 0.2) is 17.7 Å². The molecule has 4 atom stereocenters. The zero-order chi connectivity index (χ0) is 27.8. The molecule has 0 saturated carbocycles. The number of methoxy groups -OCH3 is 1. The molecule has 5 rings (SSSR count). The number of aromatic nitrogens is 4. The van der Waals surface area contributed by atoms with E-state index in [1.165, 1.54) is 33.6 Å². The second-order valence-corrected chi connectivity index (χ2v) is 11.3. The van der Waals surface area contributed by atoms with Gasteiger partial charge >= 0.3 is 13.7 Å². The number of rotatable bonds is 9. The van der Waals surface area contributed by atoms with E-state index < -0.39 is 37.7 Å². The highest BCUT2D eigenvalue weighted by molar-refractivity contribution is 7.52. The molecule has 206 valence electrons. The van der Waals surface area contributed by atoms with Crippen LogP contribution in [0.5, 0.6) is 5.75 Å². The topological polar surface area (TPSA) is 173 Å². The Bertz CT molecular complexity index is 1560. The summed E-state index contributed by atoms with van der Waals surface area (Å²) in [6.07, 6.45) is 0.476. The average molecular weight is 557 g/mol. The molecule has 2 aromatic carbocycles. The summed E-state index contributed by atoms with van der Waals surface area (Å²) in [4.78, 5) is 24.7. The standard InChI is InChI=1S/C25H29N6O7P/c1-25(2,24(33)35-3)30-39(34,38-19-10-6-8-15-7-4-5-9-17(15)19)36-12-16-11-18(32)23(37-16)31-14-29-20-21(26)27-13-28-22(20)31/h4-10,13-14,16,18,23,32H,11-12H2,1-3H3,(H,30,34)(H2,26,27,28)/t16-,18-,23?,39?/m0/s1. The van der Waals surface area contributed by atoms with Crippen LogP contribution in [0.25, 0.3) is 21.9 Å². The first-order valence-corrected chi connectivity index (χ1v) is 13.7. The highest BCUT2D eigenvalue weighted by Crippen LogP contribution is 2.49. The van der Waals surface area contributed by atoms with Gasteiger partial charge in [0.25, 0.3) is 0 Å². The summed E-state index contributed by atoms with van der Waals surface area (Å²) in [5.74, 6) is -0.150. The number of aliphatic hydroxyl groups is 1. The maximum atomic E-state index is 14.1. The highest BCUT2D eigenvalue weighted by atomic mass is 31.2. The zero-order valence-corrected chi connectivity index (χ0v) is 22.4. The predicted molar refractivity (Wildman–Crippen MR) is 142 cm³/mol. The number of esters is 1. The van der Waals surface area contributed by atoms with E-state index in [0.717, 1.165) is 5.39 Å². The van der Waals surface area contributed by atoms with Crippen LogP contribution in [0.15, 0.2) is 55.1 Å². The molecule has 2 unspecified atom stereocenters. The van der Waals surface area contributed by atoms with Gasteiger partial charge < -0.3 is 24.8 Å². The van der Waals surface area contributed by atoms with Gasteiger partial charge in [0.2, 0.25) is 0 Å². The van der Waals surface area contributed by atoms with Gasteiger partial charge in [-0.05, 0) is 25.3 Å². The van der Waals surface area contributed by atoms with Crippen molar-refractivity contribution in [3.05, 3.63) is 55.1 Å². The van der Waals surface area contributed by atoms with Crippen molar-refractivity contribution >= 4 is 41.5 Å². The predicted octanol–water partition coefficient (Wildman–Crippen LogP) is 2.96. The van der Waals surface area contributed by atoms with E-state index in [0.29, 0.717) is 22.3 Å². The molecule has 3 heterocycles. The Labute approximate surface area is 223 Å². The number of nitrogens with zero attached hydrogens (tertiary/aromatic N) is 4. The number of carbonyl (C=O) groups excluding carboxylic acids is 1. The van der Waals surface area contributed by atoms with E-state index in [-0.39, 0.29) is 18.8 Å². The maximum absolute atomic E-state index is 14.1. The fourth-order valence-corrected chi connectivity index (χ4v) is 6.17. The van der Waals surface area contributed by atoms with E-state index in [2.05, 4.69) is 20.0 Å². The number of nitrogen functional groups attached to an aromatic ring is 1. The molecule has 1 fully saturated rings. The van der Waals surface area contributed by atoms with Gasteiger partial charge in [-0.2, -0.15) is 5.09 Å². The van der Waals surface area contributed by atoms with Gasteiger partial charge in [0.05, 0.1) is 26.1 Å². The molecule has 2 aromatic heterocycles. The van der Waals surface area contributed by atoms with Crippen LogP contribution in [-0.2, 0) is 23.4 Å². The van der Waals surface area contributed by atoms with E-state index in [1.807, 2.05) is 30.3 Å². The Morgan fingerprint density at radius 1 is 1.23 bits per heavy atom. The maximum Gasteiger partial charge on any atom is 0.459 e. The fraction of sp³-hybridized carbons (Fsp3) is 0.360. The summed E-state index contributed by atoms with van der Waals surface area (Å²) < 4.78 is 38.3. The van der Waals surface area contributed by atoms with Crippen LogP contribution >= 0.6 is 7.75 Å². The van der Waals surface area contributed by atoms with Crippen molar-refractivity contribution in [2.75, 3.05) is 19.5 Å². The number of fused-ring (bicyclic) bond motifs is 2. The number of benzene rings is 2. The molecule has 0 spiro atoms. The number of hydrogen-bond donors (Lipinski definition) is 3. The summed E-state index contributed by atoms with van der Waals surface area (Å²) >= 11 is 0. The smallest absolute Gasteiger partial charge is 0.459 e. The molecule has 0 amide bonds. The molecule has 39 heavy (non-hydrogen) atoms. The largest absolute Gasteiger partial charge is 0.468 e. The van der Waals surface area contributed by atoms with Crippen molar-refractivity contribution in [3.8, 4) is 5.75 Å². The number of nitrogens with one attached hydrogen (secondary N) is 1. The summed E-state index contributed by atoms with van der Waals surface area (Å²) in [5.41, 5.74) is 5.24. The Kier molecular flexibility index (Phi) is 7.27. The molecule has 0 radical (unpaired) electrons. The number of hydrogen-bond acceptors (Lipinski definition) is 11. The molecule has 4 aromatic rings. The molecule has 1 aliphatic rings. The number of imidazole rings is 1. The minimum Gasteiger partial charge on any atom is -0.468 e. The minimum absolute atomic E-state index is 0.166. The van der Waals surface area contributed by atoms with Crippen LogP contribution in [0.4, 0.5) is 5.82 Å². The molecule has 14 heteroatoms. The first kappa shape index (κ1) is 27.0. The number of carbonyl (C=O) groups is 1. The van der Waals surface area contributed by atoms with E-state index in [9.17, 15) is 14.5 Å². The SMILES string of the molecule is COC(=O)C(C)(C)NP(=O)(OC[C@@H]1C[C@H](O)C(n2cnc3c(N)ncnc32)O1)Oc1cccc2ccccc12. The quantitative estimate of drug-likeness (QED) is 0.203. The lowest BCUT2D eigenvalue weighted by Crippen LogP contribution is -2.46. The van der Waals surface area contributed by atoms with Crippen molar-refractivity contribution in [1.29, 1.82) is 0 Å². The van der Waals surface area contributed by atoms with E-state index in [4.69, 9.17) is 24.3 Å². The van der Waals surface area contributed by atoms with Crippen molar-refractivity contribution < 1.29 is 33.0 Å². The molecule has 1 saturated heterocycles. The van der Waals surface area contributed by atoms with E-state index >= 15 is 0 Å². The Hall–Kier alpha value is -3.61. The van der Waals surface area contributed by atoms with Crippen LogP contribution in [-0.4, -0.2) is 62.1 Å². The van der Waals surface area contributed by atoms with Crippen LogP contribution in [0.3, 0.4) is 0 Å². The van der Waals surface area contributed by atoms with Gasteiger partial charge in [-0.1, -0.05) is 36.4 Å². The van der Waals surface area contributed by atoms with Gasteiger partial charge in [-0.3, -0.25) is 13.9 Å². The third-order valence-corrected chi connectivity index (χ3v) is 8.10. The molecular formula is C25H29N6O7P. The molecular weight excluding hydrogens is 527 g/mol. The Morgan fingerprint density at radius 2 is 2.00 bits per heavy atom. The number of anilines is 1. The van der Waals surface area contributed by atoms with Gasteiger partial charge in [-0.15, -0.1) is 0 Å². The second kappa shape index (κ2) is 10.5. The lowest BCUT2D eigenvalue weighted by molar-refractivity contribution is -0.146. The second-order valence-electron chi connectivity index (χ2n) is 9.62. The normalized spacial score (nSPS) is 21.2. The lowest BCUT2D eigenvalue weighted by Gasteiger charge is -2.29. The summed E-state index contributed by atoms with van der Waals surface area (Å²) in [5, 5.41) is 15.0. The molecule has 1 aliphatic heterocycles. The van der Waals surface area contributed by atoms with Gasteiger partial charge in [-0.25, -0.2) is 19.5 Å². The van der Waals surface area contributed by atoms with Crippen LogP contribution < -0.4 is 15.3 Å². The summed E-state index contributed by atoms with van der Waals surface area (Å²) in [7, 11) is -2.97. The first-order chi connectivity index (χ1) is 18.6. The fourth-order valence-electron chi connectivity index (χ4n) is 4.45. The van der Waals surface area contributed by atoms with Crippen molar-refractivity contribution in [2.24, 2.45) is 0 Å². The summed E-state index contributed by atoms with van der Waals surface area (Å²) in [6, 6.07) is 12.8. The summed E-state index contributed by atoms with van der Waals surface area (Å²) in [6.45, 7) is 2.79. The van der Waals surface area contributed by atoms with Crippen molar-refractivity contribution in [1.82, 2.24) is 24.6 Å². The molecule has 0 bridgehead atoms. The first-order valence-electron chi connectivity index (χ1n) is 12.2. The van der Waals surface area contributed by atoms with Gasteiger partial charge in [0.1, 0.15) is 29.2 Å². The van der Waals surface area contributed by atoms with Crippen LogP contribution in [0.1, 0.15) is 26.5 Å². The lowest BCUT2D eigenvalue weighted by atomic mass is 10.1. The number of nitrogens with two attached hydrogens (primary N) is 1. The molecule has 0 aliphatic carbocycles. The molecule has 13 nitrogen and oxygen atoms in total. The Balaban J connectivity index is 1.37. The number of ether oxygens (including phenoxy) is 2. The average Bonchev–Trinajstić information content (AvgIpc) is 3.50. The third kappa shape index (κ3) is 5.45. The third-order valence-electron chi connectivity index (χ3n) is 6.34. The monoisotopic (exact) mass is 556 g/mol. The van der Waals surface area contributed by atoms with Crippen LogP contribution in [0, 0.1) is 0 Å². The zero-order valence-electron chi connectivity index (χ0n) is 21.6.